The molecule has 2 heterocycles. The molecule has 1 aliphatic rings. The minimum atomic E-state index is -3.51. The smallest absolute Gasteiger partial charge is 0.296 e. The van der Waals surface area contributed by atoms with Gasteiger partial charge in [0.1, 0.15) is 5.69 Å². The van der Waals surface area contributed by atoms with Gasteiger partial charge in [-0.15, -0.1) is 0 Å². The Morgan fingerprint density at radius 3 is 2.69 bits per heavy atom. The first-order valence-corrected chi connectivity index (χ1v) is 9.46. The molecule has 0 aliphatic carbocycles. The maximum Gasteiger partial charge on any atom is 0.296 e. The molecule has 0 saturated carbocycles. The van der Waals surface area contributed by atoms with E-state index in [2.05, 4.69) is 10.3 Å². The molecule has 1 aromatic heterocycles. The Morgan fingerprint density at radius 1 is 1.34 bits per heavy atom. The summed E-state index contributed by atoms with van der Waals surface area (Å²) in [5, 5.41) is 3.10. The quantitative estimate of drug-likeness (QED) is 0.766. The first-order valence-electron chi connectivity index (χ1n) is 9.46. The molecule has 8 heteroatoms. The number of alkyl halides is 2. The van der Waals surface area contributed by atoms with Crippen LogP contribution in [0, 0.1) is 5.82 Å². The number of carbonyl (C=O) groups excluding carboxylic acids is 1. The summed E-state index contributed by atoms with van der Waals surface area (Å²) >= 11 is 0. The van der Waals surface area contributed by atoms with Gasteiger partial charge in [-0.3, -0.25) is 4.79 Å². The summed E-state index contributed by atoms with van der Waals surface area (Å²) in [5.41, 5.74) is -0.359. The van der Waals surface area contributed by atoms with Crippen molar-refractivity contribution < 1.29 is 22.7 Å². The van der Waals surface area contributed by atoms with Crippen molar-refractivity contribution >= 4 is 5.91 Å². The fourth-order valence-electron chi connectivity index (χ4n) is 3.49. The molecule has 156 valence electrons. The number of pyridine rings is 1. The van der Waals surface area contributed by atoms with Crippen LogP contribution in [0.2, 0.25) is 0 Å². The third kappa shape index (κ3) is 4.87. The van der Waals surface area contributed by atoms with Crippen molar-refractivity contribution in [1.29, 1.82) is 0 Å². The highest BCUT2D eigenvalue weighted by Gasteiger charge is 2.38. The van der Waals surface area contributed by atoms with Crippen molar-refractivity contribution in [3.05, 3.63) is 59.0 Å². The van der Waals surface area contributed by atoms with E-state index in [1.807, 2.05) is 0 Å². The second kappa shape index (κ2) is 8.82. The molecule has 1 saturated heterocycles. The third-order valence-electron chi connectivity index (χ3n) is 4.97. The number of ether oxygens (including phenoxy) is 1. The lowest BCUT2D eigenvalue weighted by atomic mass is 10.0. The van der Waals surface area contributed by atoms with E-state index >= 15 is 0 Å². The average Bonchev–Trinajstić information content (AvgIpc) is 3.22. The van der Waals surface area contributed by atoms with Crippen molar-refractivity contribution in [2.75, 3.05) is 20.7 Å². The number of nitrogens with one attached hydrogen (secondary N) is 1. The van der Waals surface area contributed by atoms with Crippen LogP contribution in [0.1, 0.15) is 29.7 Å². The highest BCUT2D eigenvalue weighted by Crippen LogP contribution is 2.35. The van der Waals surface area contributed by atoms with E-state index < -0.39 is 23.9 Å². The average molecular weight is 407 g/mol. The van der Waals surface area contributed by atoms with Crippen molar-refractivity contribution in [2.45, 2.75) is 37.8 Å². The zero-order valence-electron chi connectivity index (χ0n) is 16.4. The number of carbonyl (C=O) groups is 1. The van der Waals surface area contributed by atoms with E-state index in [1.54, 1.807) is 37.4 Å². The molecule has 1 aliphatic heterocycles. The van der Waals surface area contributed by atoms with Gasteiger partial charge in [-0.05, 0) is 31.0 Å². The van der Waals surface area contributed by atoms with Crippen LogP contribution in [0.5, 0.6) is 5.88 Å². The minimum absolute atomic E-state index is 0.00857. The Morgan fingerprint density at radius 2 is 2.07 bits per heavy atom. The monoisotopic (exact) mass is 407 g/mol. The molecule has 29 heavy (non-hydrogen) atoms. The fourth-order valence-corrected chi connectivity index (χ4v) is 3.49. The molecule has 0 unspecified atom stereocenters. The van der Waals surface area contributed by atoms with Crippen LogP contribution in [0.3, 0.4) is 0 Å². The second-order valence-electron chi connectivity index (χ2n) is 7.20. The lowest BCUT2D eigenvalue weighted by Gasteiger charge is -2.23. The van der Waals surface area contributed by atoms with Gasteiger partial charge in [-0.25, -0.2) is 9.37 Å². The Kier molecular flexibility index (Phi) is 6.42. The number of hydrogen-bond acceptors (Lipinski definition) is 4. The Labute approximate surface area is 167 Å². The molecule has 3 rings (SSSR count). The molecule has 0 spiro atoms. The Balaban J connectivity index is 1.82. The van der Waals surface area contributed by atoms with Gasteiger partial charge in [0.05, 0.1) is 19.7 Å². The highest BCUT2D eigenvalue weighted by atomic mass is 19.3. The summed E-state index contributed by atoms with van der Waals surface area (Å²) in [6.45, 7) is 0.781. The summed E-state index contributed by atoms with van der Waals surface area (Å²) in [4.78, 5) is 17.6. The van der Waals surface area contributed by atoms with Crippen molar-refractivity contribution in [1.82, 2.24) is 15.2 Å². The molecular formula is C21H24F3N3O2. The SMILES string of the molecule is COc1nc(C(F)(F)Cc2ccccc2)c(F)cc1CN(C)C(=O)[C@@H]1CCCN1. The van der Waals surface area contributed by atoms with Gasteiger partial charge in [0.15, 0.2) is 5.82 Å². The van der Waals surface area contributed by atoms with E-state index in [4.69, 9.17) is 4.74 Å². The maximum absolute atomic E-state index is 14.7. The minimum Gasteiger partial charge on any atom is -0.481 e. The van der Waals surface area contributed by atoms with Crippen LogP contribution in [0.25, 0.3) is 0 Å². The molecule has 1 aromatic carbocycles. The van der Waals surface area contributed by atoms with Gasteiger partial charge in [-0.1, -0.05) is 30.3 Å². The molecule has 2 aromatic rings. The number of aromatic nitrogens is 1. The van der Waals surface area contributed by atoms with Crippen LogP contribution in [0.4, 0.5) is 13.2 Å². The molecule has 5 nitrogen and oxygen atoms in total. The fraction of sp³-hybridized carbons (Fsp3) is 0.429. The molecule has 1 N–H and O–H groups in total. The molecule has 1 atom stereocenters. The predicted molar refractivity (Wildman–Crippen MR) is 102 cm³/mol. The van der Waals surface area contributed by atoms with Gasteiger partial charge in [0.25, 0.3) is 5.92 Å². The maximum atomic E-state index is 14.7. The van der Waals surface area contributed by atoms with Crippen molar-refractivity contribution in [2.24, 2.45) is 0 Å². The number of methoxy groups -OCH3 is 1. The van der Waals surface area contributed by atoms with Crippen molar-refractivity contribution in [3.8, 4) is 5.88 Å². The Hall–Kier alpha value is -2.61. The zero-order chi connectivity index (χ0) is 21.0. The van der Waals surface area contributed by atoms with E-state index in [9.17, 15) is 18.0 Å². The first kappa shape index (κ1) is 21.1. The number of nitrogens with zero attached hydrogens (tertiary/aromatic N) is 2. The number of halogens is 3. The summed E-state index contributed by atoms with van der Waals surface area (Å²) < 4.78 is 49.2. The Bertz CT molecular complexity index is 856. The topological polar surface area (TPSA) is 54.5 Å². The second-order valence-corrected chi connectivity index (χ2v) is 7.20. The van der Waals surface area contributed by atoms with Crippen molar-refractivity contribution in [3.63, 3.8) is 0 Å². The summed E-state index contributed by atoms with van der Waals surface area (Å²) in [5.74, 6) is -4.88. The number of rotatable bonds is 7. The number of likely N-dealkylation sites (N-methyl/N-ethyl adjacent to an activating group) is 1. The normalized spacial score (nSPS) is 16.7. The van der Waals surface area contributed by atoms with E-state index in [-0.39, 0.29) is 29.9 Å². The number of hydrogen-bond donors (Lipinski definition) is 1. The molecule has 1 amide bonds. The molecule has 0 bridgehead atoms. The van der Waals surface area contributed by atoms with Crippen LogP contribution >= 0.6 is 0 Å². The molecule has 1 fully saturated rings. The van der Waals surface area contributed by atoms with E-state index in [1.165, 1.54) is 12.0 Å². The van der Waals surface area contributed by atoms with Crippen LogP contribution < -0.4 is 10.1 Å². The van der Waals surface area contributed by atoms with Gasteiger partial charge in [0.2, 0.25) is 11.8 Å². The van der Waals surface area contributed by atoms with Gasteiger partial charge in [0, 0.05) is 19.0 Å². The summed E-state index contributed by atoms with van der Waals surface area (Å²) in [6, 6.07) is 8.81. The molecular weight excluding hydrogens is 383 g/mol. The van der Waals surface area contributed by atoms with Crippen LogP contribution in [-0.4, -0.2) is 42.5 Å². The largest absolute Gasteiger partial charge is 0.481 e. The summed E-state index contributed by atoms with van der Waals surface area (Å²) in [7, 11) is 2.86. The van der Waals surface area contributed by atoms with E-state index in [0.29, 0.717) is 5.56 Å². The van der Waals surface area contributed by atoms with Gasteiger partial charge in [-0.2, -0.15) is 8.78 Å². The van der Waals surface area contributed by atoms with Crippen LogP contribution in [-0.2, 0) is 23.7 Å². The standard InChI is InChI=1S/C21H24F3N3O2/c1-27(20(28)17-9-6-10-25-17)13-15-11-16(22)18(26-19(15)29-2)21(23,24)12-14-7-4-3-5-8-14/h3-5,7-8,11,17,25H,6,9-10,12-13H2,1-2H3/t17-/m0/s1. The number of benzene rings is 1. The highest BCUT2D eigenvalue weighted by molar-refractivity contribution is 5.82. The third-order valence-corrected chi connectivity index (χ3v) is 4.97. The molecule has 0 radical (unpaired) electrons. The van der Waals surface area contributed by atoms with Gasteiger partial charge >= 0.3 is 0 Å². The first-order chi connectivity index (χ1) is 13.8. The summed E-state index contributed by atoms with van der Waals surface area (Å²) in [6.07, 6.45) is 0.971. The zero-order valence-corrected chi connectivity index (χ0v) is 16.4. The van der Waals surface area contributed by atoms with E-state index in [0.717, 1.165) is 25.5 Å². The lowest BCUT2D eigenvalue weighted by molar-refractivity contribution is -0.132. The van der Waals surface area contributed by atoms with Crippen LogP contribution in [0.15, 0.2) is 36.4 Å². The predicted octanol–water partition coefficient (Wildman–Crippen LogP) is 3.27. The number of amides is 1. The van der Waals surface area contributed by atoms with Gasteiger partial charge < -0.3 is 15.0 Å². The lowest BCUT2D eigenvalue weighted by Crippen LogP contribution is -2.41.